The molecule has 0 bridgehead atoms. The van der Waals surface area contributed by atoms with Gasteiger partial charge in [-0.15, -0.1) is 0 Å². The Morgan fingerprint density at radius 3 is 2.48 bits per heavy atom. The molecule has 0 spiro atoms. The summed E-state index contributed by atoms with van der Waals surface area (Å²) in [5.41, 5.74) is 1.15. The molecular formula is C14H14ClN5O. The number of halogens is 1. The van der Waals surface area contributed by atoms with E-state index in [1.807, 2.05) is 13.0 Å². The van der Waals surface area contributed by atoms with Crippen LogP contribution in [-0.2, 0) is 11.2 Å². The molecule has 0 atom stereocenters. The van der Waals surface area contributed by atoms with Crippen LogP contribution in [0.25, 0.3) is 0 Å². The zero-order valence-corrected chi connectivity index (χ0v) is 12.6. The predicted octanol–water partition coefficient (Wildman–Crippen LogP) is 1.32. The van der Waals surface area contributed by atoms with Crippen molar-refractivity contribution in [2.24, 2.45) is 0 Å². The third-order valence-corrected chi connectivity index (χ3v) is 3.84. The maximum Gasteiger partial charge on any atom is 0.241 e. The Kier molecular flexibility index (Phi) is 4.30. The molecule has 108 valence electrons. The van der Waals surface area contributed by atoms with Gasteiger partial charge < -0.3 is 9.80 Å². The van der Waals surface area contributed by atoms with Crippen LogP contribution in [-0.4, -0.2) is 42.5 Å². The second kappa shape index (κ2) is 5.99. The van der Waals surface area contributed by atoms with Crippen molar-refractivity contribution in [1.29, 1.82) is 10.5 Å². The maximum absolute atomic E-state index is 11.8. The van der Waals surface area contributed by atoms with Gasteiger partial charge in [0.1, 0.15) is 23.1 Å². The summed E-state index contributed by atoms with van der Waals surface area (Å²) in [5, 5.41) is 18.7. The molecule has 1 amide bonds. The number of nitriles is 2. The first kappa shape index (κ1) is 15.1. The highest BCUT2D eigenvalue weighted by molar-refractivity contribution is 6.30. The first-order valence-corrected chi connectivity index (χ1v) is 6.92. The molecule has 6 nitrogen and oxygen atoms in total. The van der Waals surface area contributed by atoms with Crippen molar-refractivity contribution in [1.82, 2.24) is 9.88 Å². The van der Waals surface area contributed by atoms with E-state index in [0.29, 0.717) is 36.5 Å². The van der Waals surface area contributed by atoms with Crippen molar-refractivity contribution in [3.8, 4) is 12.1 Å². The number of amides is 1. The summed E-state index contributed by atoms with van der Waals surface area (Å²) < 4.78 is 0. The van der Waals surface area contributed by atoms with Gasteiger partial charge in [0.15, 0.2) is 0 Å². The third-order valence-electron chi connectivity index (χ3n) is 3.57. The Morgan fingerprint density at radius 1 is 1.29 bits per heavy atom. The molecule has 1 aliphatic heterocycles. The monoisotopic (exact) mass is 303 g/mol. The fourth-order valence-electron chi connectivity index (χ4n) is 2.34. The van der Waals surface area contributed by atoms with Crippen molar-refractivity contribution in [3.05, 3.63) is 21.8 Å². The molecule has 0 saturated carbocycles. The molecule has 21 heavy (non-hydrogen) atoms. The SMILES string of the molecule is CCc1c(C#N)c(Cl)nc(N2CCN(C)C(=O)C2)c1C#N. The molecule has 0 radical (unpaired) electrons. The number of pyridine rings is 1. The predicted molar refractivity (Wildman–Crippen MR) is 77.9 cm³/mol. The summed E-state index contributed by atoms with van der Waals surface area (Å²) in [7, 11) is 1.74. The van der Waals surface area contributed by atoms with E-state index in [0.717, 1.165) is 0 Å². The van der Waals surface area contributed by atoms with Gasteiger partial charge in [0.05, 0.1) is 17.7 Å². The number of aromatic nitrogens is 1. The summed E-state index contributed by atoms with van der Waals surface area (Å²) in [4.78, 5) is 19.4. The minimum atomic E-state index is -0.0366. The van der Waals surface area contributed by atoms with Gasteiger partial charge in [-0.1, -0.05) is 18.5 Å². The van der Waals surface area contributed by atoms with Crippen molar-refractivity contribution in [2.45, 2.75) is 13.3 Å². The van der Waals surface area contributed by atoms with Crippen LogP contribution in [0, 0.1) is 22.7 Å². The van der Waals surface area contributed by atoms with E-state index in [-0.39, 0.29) is 23.2 Å². The van der Waals surface area contributed by atoms with Gasteiger partial charge in [0, 0.05) is 20.1 Å². The molecule has 0 aliphatic carbocycles. The van der Waals surface area contributed by atoms with Crippen LogP contribution in [0.15, 0.2) is 0 Å². The summed E-state index contributed by atoms with van der Waals surface area (Å²) in [6, 6.07) is 4.10. The van der Waals surface area contributed by atoms with Crippen molar-refractivity contribution < 1.29 is 4.79 Å². The highest BCUT2D eigenvalue weighted by atomic mass is 35.5. The molecule has 7 heteroatoms. The number of rotatable bonds is 2. The Labute approximate surface area is 128 Å². The molecule has 0 aromatic carbocycles. The van der Waals surface area contributed by atoms with Gasteiger partial charge in [0.2, 0.25) is 5.91 Å². The number of carbonyl (C=O) groups is 1. The largest absolute Gasteiger partial charge is 0.344 e. The summed E-state index contributed by atoms with van der Waals surface area (Å²) in [6.45, 7) is 3.15. The molecule has 0 unspecified atom stereocenters. The number of anilines is 1. The van der Waals surface area contributed by atoms with Gasteiger partial charge in [-0.2, -0.15) is 10.5 Å². The minimum absolute atomic E-state index is 0.0366. The number of likely N-dealkylation sites (N-methyl/N-ethyl adjacent to an activating group) is 1. The van der Waals surface area contributed by atoms with E-state index in [1.165, 1.54) is 0 Å². The van der Waals surface area contributed by atoms with Crippen LogP contribution in [0.4, 0.5) is 5.82 Å². The summed E-state index contributed by atoms with van der Waals surface area (Å²) in [6.07, 6.45) is 0.503. The molecule has 1 aliphatic rings. The topological polar surface area (TPSA) is 84.0 Å². The lowest BCUT2D eigenvalue weighted by molar-refractivity contribution is -0.129. The van der Waals surface area contributed by atoms with E-state index in [2.05, 4.69) is 11.1 Å². The van der Waals surface area contributed by atoms with E-state index in [9.17, 15) is 15.3 Å². The lowest BCUT2D eigenvalue weighted by Crippen LogP contribution is -2.49. The van der Waals surface area contributed by atoms with Crippen molar-refractivity contribution in [3.63, 3.8) is 0 Å². The van der Waals surface area contributed by atoms with Crippen LogP contribution in [0.3, 0.4) is 0 Å². The van der Waals surface area contributed by atoms with E-state index in [4.69, 9.17) is 11.6 Å². The van der Waals surface area contributed by atoms with Gasteiger partial charge in [0.25, 0.3) is 0 Å². The van der Waals surface area contributed by atoms with Gasteiger partial charge >= 0.3 is 0 Å². The van der Waals surface area contributed by atoms with Crippen molar-refractivity contribution in [2.75, 3.05) is 31.6 Å². The molecule has 1 fully saturated rings. The average Bonchev–Trinajstić information content (AvgIpc) is 2.48. The first-order chi connectivity index (χ1) is 10.0. The number of carbonyl (C=O) groups excluding carboxylic acids is 1. The average molecular weight is 304 g/mol. The lowest BCUT2D eigenvalue weighted by atomic mass is 10.0. The van der Waals surface area contributed by atoms with Crippen LogP contribution in [0.2, 0.25) is 5.15 Å². The van der Waals surface area contributed by atoms with Gasteiger partial charge in [-0.25, -0.2) is 4.98 Å². The molecular weight excluding hydrogens is 290 g/mol. The van der Waals surface area contributed by atoms with Crippen LogP contribution in [0.5, 0.6) is 0 Å². The second-order valence-corrected chi connectivity index (χ2v) is 5.13. The summed E-state index contributed by atoms with van der Waals surface area (Å²) in [5.74, 6) is 0.352. The normalized spacial score (nSPS) is 14.8. The quantitative estimate of drug-likeness (QED) is 0.769. The third kappa shape index (κ3) is 2.63. The van der Waals surface area contributed by atoms with Crippen LogP contribution < -0.4 is 4.90 Å². The molecule has 2 heterocycles. The fourth-order valence-corrected chi connectivity index (χ4v) is 2.58. The zero-order chi connectivity index (χ0) is 15.6. The Balaban J connectivity index is 2.55. The minimum Gasteiger partial charge on any atom is -0.344 e. The summed E-state index contributed by atoms with van der Waals surface area (Å²) >= 11 is 6.06. The number of hydrogen-bond donors (Lipinski definition) is 0. The molecule has 1 saturated heterocycles. The van der Waals surface area contributed by atoms with Crippen molar-refractivity contribution >= 4 is 23.3 Å². The van der Waals surface area contributed by atoms with Gasteiger partial charge in [-0.05, 0) is 12.0 Å². The maximum atomic E-state index is 11.8. The standard InChI is InChI=1S/C14H14ClN5O/c1-3-9-10(6-16)13(15)18-14(11(9)7-17)20-5-4-19(2)12(21)8-20/h3-5,8H2,1-2H3. The molecule has 0 N–H and O–H groups in total. The number of nitrogens with zero attached hydrogens (tertiary/aromatic N) is 5. The Hall–Kier alpha value is -2.31. The van der Waals surface area contributed by atoms with Crippen LogP contribution >= 0.6 is 11.6 Å². The molecule has 1 aromatic heterocycles. The lowest BCUT2D eigenvalue weighted by Gasteiger charge is -2.33. The van der Waals surface area contributed by atoms with Crippen LogP contribution in [0.1, 0.15) is 23.6 Å². The van der Waals surface area contributed by atoms with E-state index < -0.39 is 0 Å². The number of hydrogen-bond acceptors (Lipinski definition) is 5. The first-order valence-electron chi connectivity index (χ1n) is 6.54. The molecule has 1 aromatic rings. The Morgan fingerprint density at radius 2 is 1.95 bits per heavy atom. The Bertz CT molecular complexity index is 673. The molecule has 2 rings (SSSR count). The van der Waals surface area contributed by atoms with E-state index in [1.54, 1.807) is 16.8 Å². The zero-order valence-electron chi connectivity index (χ0n) is 11.9. The van der Waals surface area contributed by atoms with E-state index >= 15 is 0 Å². The highest BCUT2D eigenvalue weighted by Crippen LogP contribution is 2.29. The smallest absolute Gasteiger partial charge is 0.241 e. The highest BCUT2D eigenvalue weighted by Gasteiger charge is 2.27. The fraction of sp³-hybridized carbons (Fsp3) is 0.429. The number of piperazine rings is 1. The second-order valence-electron chi connectivity index (χ2n) is 4.77. The van der Waals surface area contributed by atoms with Gasteiger partial charge in [-0.3, -0.25) is 4.79 Å².